The highest BCUT2D eigenvalue weighted by Crippen LogP contribution is 2.29. The third-order valence-corrected chi connectivity index (χ3v) is 4.71. The van der Waals surface area contributed by atoms with Crippen LogP contribution in [0, 0.1) is 0 Å². The van der Waals surface area contributed by atoms with Gasteiger partial charge >= 0.3 is 5.97 Å². The molecule has 33 heavy (non-hydrogen) atoms. The van der Waals surface area contributed by atoms with Gasteiger partial charge in [-0.3, -0.25) is 4.79 Å². The molecule has 0 aliphatic rings. The fraction of sp³-hybridized carbons (Fsp3) is 0.111. The summed E-state index contributed by atoms with van der Waals surface area (Å²) in [4.78, 5) is 24.9. The third-order valence-electron chi connectivity index (χ3n) is 4.71. The van der Waals surface area contributed by atoms with E-state index in [1.807, 2.05) is 30.3 Å². The molecular weight excluding hydrogens is 420 g/mol. The van der Waals surface area contributed by atoms with Crippen molar-refractivity contribution >= 4 is 23.9 Å². The number of hydrogen-bond donors (Lipinski definition) is 0. The first-order chi connectivity index (χ1) is 16.0. The van der Waals surface area contributed by atoms with Crippen LogP contribution in [0.25, 0.3) is 12.2 Å². The number of benzene rings is 3. The summed E-state index contributed by atoms with van der Waals surface area (Å²) >= 11 is 0. The highest BCUT2D eigenvalue weighted by Gasteiger charge is 2.12. The number of carbonyl (C=O) groups is 2. The van der Waals surface area contributed by atoms with Gasteiger partial charge in [-0.2, -0.15) is 0 Å². The molecule has 0 aromatic heterocycles. The minimum absolute atomic E-state index is 0.244. The van der Waals surface area contributed by atoms with Crippen LogP contribution >= 0.6 is 0 Å². The molecule has 0 fully saturated rings. The summed E-state index contributed by atoms with van der Waals surface area (Å²) < 4.78 is 21.2. The van der Waals surface area contributed by atoms with E-state index in [1.165, 1.54) is 33.5 Å². The average Bonchev–Trinajstić information content (AvgIpc) is 2.86. The van der Waals surface area contributed by atoms with Gasteiger partial charge in [0.2, 0.25) is 0 Å². The van der Waals surface area contributed by atoms with Crippen molar-refractivity contribution in [2.24, 2.45) is 0 Å². The standard InChI is InChI=1S/C27H24O6/c1-30-21-12-15-24(31-2)22(18-21)23(28)13-9-20-10-14-25(26(17-20)32-3)33-27(29)16-11-19-7-5-4-6-8-19/h4-18H,1-3H3/b13-9+,16-11+. The number of hydrogen-bond acceptors (Lipinski definition) is 6. The first-order valence-corrected chi connectivity index (χ1v) is 10.1. The Hall–Kier alpha value is -4.32. The van der Waals surface area contributed by atoms with Crippen LogP contribution < -0.4 is 18.9 Å². The van der Waals surface area contributed by atoms with E-state index < -0.39 is 5.97 Å². The number of rotatable bonds is 9. The lowest BCUT2D eigenvalue weighted by Crippen LogP contribution is -2.05. The summed E-state index contributed by atoms with van der Waals surface area (Å²) in [5.41, 5.74) is 1.97. The number of methoxy groups -OCH3 is 3. The Morgan fingerprint density at radius 3 is 2.06 bits per heavy atom. The summed E-state index contributed by atoms with van der Waals surface area (Å²) in [6, 6.07) is 19.5. The molecule has 0 bridgehead atoms. The maximum absolute atomic E-state index is 12.7. The topological polar surface area (TPSA) is 71.1 Å². The molecule has 0 aliphatic carbocycles. The van der Waals surface area contributed by atoms with Crippen LogP contribution in [0.5, 0.6) is 23.0 Å². The quantitative estimate of drug-likeness (QED) is 0.195. The van der Waals surface area contributed by atoms with E-state index in [1.54, 1.807) is 48.6 Å². The van der Waals surface area contributed by atoms with Crippen molar-refractivity contribution in [3.63, 3.8) is 0 Å². The zero-order valence-electron chi connectivity index (χ0n) is 18.6. The SMILES string of the molecule is COc1ccc(OC)c(C(=O)/C=C/c2ccc(OC(=O)/C=C/c3ccccc3)c(OC)c2)c1. The molecule has 0 unspecified atom stereocenters. The molecule has 168 valence electrons. The molecule has 6 heteroatoms. The van der Waals surface area contributed by atoms with Crippen LogP contribution in [-0.2, 0) is 4.79 Å². The van der Waals surface area contributed by atoms with Gasteiger partial charge in [0.15, 0.2) is 17.3 Å². The predicted octanol–water partition coefficient (Wildman–Crippen LogP) is 5.23. The first-order valence-electron chi connectivity index (χ1n) is 10.1. The predicted molar refractivity (Wildman–Crippen MR) is 127 cm³/mol. The van der Waals surface area contributed by atoms with Gasteiger partial charge in [-0.25, -0.2) is 4.79 Å². The Balaban J connectivity index is 1.73. The zero-order chi connectivity index (χ0) is 23.6. The normalized spacial score (nSPS) is 10.9. The number of ketones is 1. The Labute approximate surface area is 192 Å². The second-order valence-corrected chi connectivity index (χ2v) is 6.84. The molecule has 0 atom stereocenters. The average molecular weight is 444 g/mol. The summed E-state index contributed by atoms with van der Waals surface area (Å²) in [6.45, 7) is 0. The Morgan fingerprint density at radius 2 is 1.36 bits per heavy atom. The van der Waals surface area contributed by atoms with Gasteiger partial charge in [0.25, 0.3) is 0 Å². The zero-order valence-corrected chi connectivity index (χ0v) is 18.6. The van der Waals surface area contributed by atoms with E-state index in [9.17, 15) is 9.59 Å². The third kappa shape index (κ3) is 6.33. The van der Waals surface area contributed by atoms with Gasteiger partial charge in [-0.05, 0) is 53.6 Å². The molecule has 0 saturated heterocycles. The second kappa shape index (κ2) is 11.3. The molecule has 0 N–H and O–H groups in total. The molecule has 3 aromatic rings. The van der Waals surface area contributed by atoms with Crippen molar-refractivity contribution in [3.05, 3.63) is 95.6 Å². The maximum Gasteiger partial charge on any atom is 0.336 e. The molecule has 0 heterocycles. The number of allylic oxidation sites excluding steroid dienone is 1. The van der Waals surface area contributed by atoms with Crippen molar-refractivity contribution in [3.8, 4) is 23.0 Å². The minimum atomic E-state index is -0.527. The summed E-state index contributed by atoms with van der Waals surface area (Å²) in [6.07, 6.45) is 6.10. The smallest absolute Gasteiger partial charge is 0.336 e. The largest absolute Gasteiger partial charge is 0.497 e. The Kier molecular flexibility index (Phi) is 8.02. The lowest BCUT2D eigenvalue weighted by atomic mass is 10.1. The van der Waals surface area contributed by atoms with Crippen molar-refractivity contribution in [2.75, 3.05) is 21.3 Å². The summed E-state index contributed by atoms with van der Waals surface area (Å²) in [5.74, 6) is 0.880. The fourth-order valence-corrected chi connectivity index (χ4v) is 3.01. The molecular formula is C27H24O6. The maximum atomic E-state index is 12.7. The lowest BCUT2D eigenvalue weighted by molar-refractivity contribution is -0.129. The van der Waals surface area contributed by atoms with E-state index in [0.29, 0.717) is 28.4 Å². The van der Waals surface area contributed by atoms with Crippen LogP contribution in [-0.4, -0.2) is 33.1 Å². The number of ether oxygens (including phenoxy) is 4. The van der Waals surface area contributed by atoms with Crippen LogP contribution in [0.3, 0.4) is 0 Å². The molecule has 3 aromatic carbocycles. The van der Waals surface area contributed by atoms with Crippen molar-refractivity contribution in [1.29, 1.82) is 0 Å². The fourth-order valence-electron chi connectivity index (χ4n) is 3.01. The molecule has 0 aliphatic heterocycles. The van der Waals surface area contributed by atoms with E-state index in [0.717, 1.165) is 5.56 Å². The van der Waals surface area contributed by atoms with Gasteiger partial charge in [0, 0.05) is 6.08 Å². The van der Waals surface area contributed by atoms with E-state index in [2.05, 4.69) is 0 Å². The Bertz CT molecular complexity index is 1180. The monoisotopic (exact) mass is 444 g/mol. The molecule has 0 amide bonds. The van der Waals surface area contributed by atoms with Gasteiger partial charge < -0.3 is 18.9 Å². The van der Waals surface area contributed by atoms with Crippen LogP contribution in [0.15, 0.2) is 78.9 Å². The Morgan fingerprint density at radius 1 is 0.667 bits per heavy atom. The molecule has 0 radical (unpaired) electrons. The van der Waals surface area contributed by atoms with Crippen LogP contribution in [0.4, 0.5) is 0 Å². The first kappa shape index (κ1) is 23.3. The van der Waals surface area contributed by atoms with Gasteiger partial charge in [-0.15, -0.1) is 0 Å². The van der Waals surface area contributed by atoms with E-state index in [-0.39, 0.29) is 11.5 Å². The summed E-state index contributed by atoms with van der Waals surface area (Å²) in [7, 11) is 4.51. The van der Waals surface area contributed by atoms with Crippen molar-refractivity contribution in [2.45, 2.75) is 0 Å². The molecule has 0 spiro atoms. The van der Waals surface area contributed by atoms with Gasteiger partial charge in [0.05, 0.1) is 26.9 Å². The van der Waals surface area contributed by atoms with Crippen molar-refractivity contribution < 1.29 is 28.5 Å². The highest BCUT2D eigenvalue weighted by atomic mass is 16.6. The van der Waals surface area contributed by atoms with Gasteiger partial charge in [0.1, 0.15) is 11.5 Å². The second-order valence-electron chi connectivity index (χ2n) is 6.84. The molecule has 6 nitrogen and oxygen atoms in total. The van der Waals surface area contributed by atoms with E-state index >= 15 is 0 Å². The molecule has 3 rings (SSSR count). The van der Waals surface area contributed by atoms with Crippen molar-refractivity contribution in [1.82, 2.24) is 0 Å². The molecule has 0 saturated carbocycles. The minimum Gasteiger partial charge on any atom is -0.497 e. The number of carbonyl (C=O) groups excluding carboxylic acids is 2. The summed E-state index contributed by atoms with van der Waals surface area (Å²) in [5, 5.41) is 0. The highest BCUT2D eigenvalue weighted by molar-refractivity contribution is 6.09. The lowest BCUT2D eigenvalue weighted by Gasteiger charge is -2.09. The van der Waals surface area contributed by atoms with E-state index in [4.69, 9.17) is 18.9 Å². The number of esters is 1. The van der Waals surface area contributed by atoms with Gasteiger partial charge in [-0.1, -0.05) is 42.5 Å². The van der Waals surface area contributed by atoms with Crippen LogP contribution in [0.2, 0.25) is 0 Å². The van der Waals surface area contributed by atoms with Crippen LogP contribution in [0.1, 0.15) is 21.5 Å².